The Kier molecular flexibility index (Phi) is 4.23. The summed E-state index contributed by atoms with van der Waals surface area (Å²) >= 11 is 0. The van der Waals surface area contributed by atoms with Crippen LogP contribution in [0, 0.1) is 13.8 Å². The van der Waals surface area contributed by atoms with Crippen molar-refractivity contribution >= 4 is 11.6 Å². The van der Waals surface area contributed by atoms with Gasteiger partial charge in [-0.05, 0) is 24.5 Å². The molecule has 0 aliphatic carbocycles. The summed E-state index contributed by atoms with van der Waals surface area (Å²) in [6.45, 7) is 7.84. The van der Waals surface area contributed by atoms with Crippen LogP contribution in [-0.4, -0.2) is 10.9 Å². The summed E-state index contributed by atoms with van der Waals surface area (Å²) in [5.41, 5.74) is 2.77. The van der Waals surface area contributed by atoms with Crippen LogP contribution < -0.4 is 5.32 Å². The predicted molar refractivity (Wildman–Crippen MR) is 78.8 cm³/mol. The van der Waals surface area contributed by atoms with Crippen molar-refractivity contribution in [3.05, 3.63) is 47.2 Å². The minimum atomic E-state index is -0.0858. The van der Waals surface area contributed by atoms with E-state index in [4.69, 9.17) is 4.42 Å². The first-order chi connectivity index (χ1) is 9.47. The Morgan fingerprint density at radius 1 is 1.30 bits per heavy atom. The third-order valence-electron chi connectivity index (χ3n) is 3.18. The first-order valence-corrected chi connectivity index (χ1v) is 6.79. The van der Waals surface area contributed by atoms with E-state index in [0.717, 1.165) is 16.9 Å². The van der Waals surface area contributed by atoms with Gasteiger partial charge in [0.15, 0.2) is 5.89 Å². The number of nitrogens with one attached hydrogen (secondary N) is 1. The summed E-state index contributed by atoms with van der Waals surface area (Å²) in [5, 5.41) is 2.95. The fourth-order valence-corrected chi connectivity index (χ4v) is 2.19. The van der Waals surface area contributed by atoms with Crippen LogP contribution >= 0.6 is 0 Å². The average Bonchev–Trinajstić information content (AvgIpc) is 2.68. The number of aryl methyl sites for hydroxylation is 2. The molecule has 2 rings (SSSR count). The van der Waals surface area contributed by atoms with Gasteiger partial charge in [-0.15, -0.1) is 0 Å². The molecule has 4 heteroatoms. The van der Waals surface area contributed by atoms with E-state index in [1.807, 2.05) is 31.2 Å². The number of aromatic nitrogens is 1. The van der Waals surface area contributed by atoms with E-state index >= 15 is 0 Å². The standard InChI is InChI=1S/C16H20N2O2/c1-10(2)13-7-5-6-8-14(13)18-16(19)9-15-11(3)17-12(4)20-15/h5-8,10H,9H2,1-4H3,(H,18,19). The molecule has 4 nitrogen and oxygen atoms in total. The number of hydrogen-bond donors (Lipinski definition) is 1. The summed E-state index contributed by atoms with van der Waals surface area (Å²) in [6, 6.07) is 7.86. The molecular formula is C16H20N2O2. The number of rotatable bonds is 4. The molecule has 1 N–H and O–H groups in total. The molecule has 0 radical (unpaired) electrons. The van der Waals surface area contributed by atoms with Gasteiger partial charge >= 0.3 is 0 Å². The highest BCUT2D eigenvalue weighted by Crippen LogP contribution is 2.24. The van der Waals surface area contributed by atoms with Gasteiger partial charge in [-0.25, -0.2) is 4.98 Å². The molecular weight excluding hydrogens is 252 g/mol. The molecule has 2 aromatic rings. The van der Waals surface area contributed by atoms with E-state index in [9.17, 15) is 4.79 Å². The zero-order valence-corrected chi connectivity index (χ0v) is 12.4. The zero-order chi connectivity index (χ0) is 14.7. The van der Waals surface area contributed by atoms with E-state index in [0.29, 0.717) is 17.6 Å². The maximum absolute atomic E-state index is 12.1. The van der Waals surface area contributed by atoms with E-state index in [2.05, 4.69) is 24.1 Å². The van der Waals surface area contributed by atoms with Crippen molar-refractivity contribution in [1.29, 1.82) is 0 Å². The molecule has 0 aliphatic heterocycles. The lowest BCUT2D eigenvalue weighted by Gasteiger charge is -2.13. The third-order valence-corrected chi connectivity index (χ3v) is 3.18. The Morgan fingerprint density at radius 3 is 2.60 bits per heavy atom. The highest BCUT2D eigenvalue weighted by Gasteiger charge is 2.14. The Hall–Kier alpha value is -2.10. The summed E-state index contributed by atoms with van der Waals surface area (Å²) in [7, 11) is 0. The van der Waals surface area contributed by atoms with Gasteiger partial charge in [-0.3, -0.25) is 4.79 Å². The third kappa shape index (κ3) is 3.26. The van der Waals surface area contributed by atoms with Crippen LogP contribution in [0.2, 0.25) is 0 Å². The van der Waals surface area contributed by atoms with Gasteiger partial charge in [0.05, 0.1) is 12.1 Å². The molecule has 1 aromatic heterocycles. The van der Waals surface area contributed by atoms with Gasteiger partial charge in [0, 0.05) is 12.6 Å². The minimum absolute atomic E-state index is 0.0858. The number of hydrogen-bond acceptors (Lipinski definition) is 3. The summed E-state index contributed by atoms with van der Waals surface area (Å²) in [5.74, 6) is 1.49. The molecule has 0 fully saturated rings. The van der Waals surface area contributed by atoms with Crippen LogP contribution in [0.25, 0.3) is 0 Å². The second kappa shape index (κ2) is 5.90. The Labute approximate surface area is 119 Å². The lowest BCUT2D eigenvalue weighted by molar-refractivity contribution is -0.115. The van der Waals surface area contributed by atoms with Crippen molar-refractivity contribution in [3.63, 3.8) is 0 Å². The molecule has 0 unspecified atom stereocenters. The zero-order valence-electron chi connectivity index (χ0n) is 12.4. The summed E-state index contributed by atoms with van der Waals surface area (Å²) in [4.78, 5) is 16.3. The van der Waals surface area contributed by atoms with Crippen LogP contribution in [0.4, 0.5) is 5.69 Å². The van der Waals surface area contributed by atoms with Crippen molar-refractivity contribution in [1.82, 2.24) is 4.98 Å². The highest BCUT2D eigenvalue weighted by molar-refractivity contribution is 5.92. The Morgan fingerprint density at radius 2 is 2.00 bits per heavy atom. The first-order valence-electron chi connectivity index (χ1n) is 6.79. The molecule has 106 valence electrons. The molecule has 0 atom stereocenters. The quantitative estimate of drug-likeness (QED) is 0.925. The average molecular weight is 272 g/mol. The van der Waals surface area contributed by atoms with Crippen LogP contribution in [-0.2, 0) is 11.2 Å². The van der Waals surface area contributed by atoms with Gasteiger partial charge in [-0.2, -0.15) is 0 Å². The number of nitrogens with zero attached hydrogens (tertiary/aromatic N) is 1. The largest absolute Gasteiger partial charge is 0.445 e. The molecule has 1 heterocycles. The van der Waals surface area contributed by atoms with E-state index in [-0.39, 0.29) is 12.3 Å². The van der Waals surface area contributed by atoms with Gasteiger partial charge in [0.2, 0.25) is 5.91 Å². The molecule has 20 heavy (non-hydrogen) atoms. The van der Waals surface area contributed by atoms with Gasteiger partial charge < -0.3 is 9.73 Å². The Bertz CT molecular complexity index is 615. The maximum atomic E-state index is 12.1. The predicted octanol–water partition coefficient (Wildman–Crippen LogP) is 3.60. The highest BCUT2D eigenvalue weighted by atomic mass is 16.4. The molecule has 0 aliphatic rings. The fourth-order valence-electron chi connectivity index (χ4n) is 2.19. The van der Waals surface area contributed by atoms with Crippen LogP contribution in [0.15, 0.2) is 28.7 Å². The lowest BCUT2D eigenvalue weighted by Crippen LogP contribution is -2.16. The number of benzene rings is 1. The number of oxazole rings is 1. The maximum Gasteiger partial charge on any atom is 0.232 e. The smallest absolute Gasteiger partial charge is 0.232 e. The summed E-state index contributed by atoms with van der Waals surface area (Å²) < 4.78 is 5.43. The Balaban J connectivity index is 2.11. The molecule has 0 bridgehead atoms. The second-order valence-electron chi connectivity index (χ2n) is 5.21. The topological polar surface area (TPSA) is 55.1 Å². The van der Waals surface area contributed by atoms with Crippen LogP contribution in [0.1, 0.15) is 42.7 Å². The number of carbonyl (C=O) groups is 1. The van der Waals surface area contributed by atoms with E-state index in [1.165, 1.54) is 0 Å². The lowest BCUT2D eigenvalue weighted by atomic mass is 10.0. The van der Waals surface area contributed by atoms with Crippen molar-refractivity contribution < 1.29 is 9.21 Å². The van der Waals surface area contributed by atoms with Crippen molar-refractivity contribution in [2.24, 2.45) is 0 Å². The molecule has 0 spiro atoms. The number of anilines is 1. The fraction of sp³-hybridized carbons (Fsp3) is 0.375. The van der Waals surface area contributed by atoms with Crippen LogP contribution in [0.3, 0.4) is 0 Å². The molecule has 1 amide bonds. The molecule has 0 saturated heterocycles. The first kappa shape index (κ1) is 14.3. The summed E-state index contributed by atoms with van der Waals surface area (Å²) in [6.07, 6.45) is 0.207. The van der Waals surface area contributed by atoms with Crippen LogP contribution in [0.5, 0.6) is 0 Å². The van der Waals surface area contributed by atoms with Gasteiger partial charge in [0.25, 0.3) is 0 Å². The second-order valence-corrected chi connectivity index (χ2v) is 5.21. The minimum Gasteiger partial charge on any atom is -0.445 e. The monoisotopic (exact) mass is 272 g/mol. The van der Waals surface area contributed by atoms with Gasteiger partial charge in [0.1, 0.15) is 5.76 Å². The van der Waals surface area contributed by atoms with Gasteiger partial charge in [-0.1, -0.05) is 32.0 Å². The normalized spacial score (nSPS) is 10.8. The van der Waals surface area contributed by atoms with Crippen molar-refractivity contribution in [3.8, 4) is 0 Å². The number of amides is 1. The number of para-hydroxylation sites is 1. The molecule has 0 saturated carbocycles. The molecule has 1 aromatic carbocycles. The van der Waals surface area contributed by atoms with E-state index < -0.39 is 0 Å². The number of carbonyl (C=O) groups excluding carboxylic acids is 1. The SMILES string of the molecule is Cc1nc(C)c(CC(=O)Nc2ccccc2C(C)C)o1. The van der Waals surface area contributed by atoms with Crippen molar-refractivity contribution in [2.75, 3.05) is 5.32 Å². The van der Waals surface area contributed by atoms with E-state index in [1.54, 1.807) is 6.92 Å². The van der Waals surface area contributed by atoms with Crippen molar-refractivity contribution in [2.45, 2.75) is 40.0 Å².